The number of benzene rings is 2. The van der Waals surface area contributed by atoms with Crippen molar-refractivity contribution < 1.29 is 14.4 Å². The highest BCUT2D eigenvalue weighted by Gasteiger charge is 2.39. The van der Waals surface area contributed by atoms with Crippen molar-refractivity contribution in [2.24, 2.45) is 0 Å². The van der Waals surface area contributed by atoms with Gasteiger partial charge in [-0.15, -0.1) is 0 Å². The molecule has 1 aliphatic carbocycles. The third-order valence-electron chi connectivity index (χ3n) is 6.95. The summed E-state index contributed by atoms with van der Waals surface area (Å²) in [5, 5.41) is 7.09. The zero-order valence-corrected chi connectivity index (χ0v) is 19.6. The van der Waals surface area contributed by atoms with Crippen molar-refractivity contribution in [1.82, 2.24) is 15.6 Å². The number of fused-ring (bicyclic) bond motifs is 3. The summed E-state index contributed by atoms with van der Waals surface area (Å²) < 4.78 is 0. The number of aryl methyl sites for hydroxylation is 1. The number of anilines is 1. The number of carbonyl (C=O) groups is 3. The van der Waals surface area contributed by atoms with Crippen molar-refractivity contribution in [2.45, 2.75) is 64.0 Å². The highest BCUT2D eigenvalue weighted by Crippen LogP contribution is 2.34. The summed E-state index contributed by atoms with van der Waals surface area (Å²) >= 11 is 0. The van der Waals surface area contributed by atoms with Crippen LogP contribution in [0.25, 0.3) is 10.9 Å². The largest absolute Gasteiger partial charge is 0.356 e. The first-order chi connectivity index (χ1) is 16.4. The predicted molar refractivity (Wildman–Crippen MR) is 132 cm³/mol. The van der Waals surface area contributed by atoms with Gasteiger partial charge in [-0.2, -0.15) is 0 Å². The number of nitrogens with one attached hydrogen (secondary N) is 3. The smallest absolute Gasteiger partial charge is 0.329 e. The lowest BCUT2D eigenvalue weighted by Gasteiger charge is -2.24. The fourth-order valence-corrected chi connectivity index (χ4v) is 5.08. The summed E-state index contributed by atoms with van der Waals surface area (Å²) in [6, 6.07) is 14.5. The van der Waals surface area contributed by atoms with Gasteiger partial charge in [-0.25, -0.2) is 9.69 Å². The van der Waals surface area contributed by atoms with Crippen molar-refractivity contribution in [3.05, 3.63) is 65.4 Å². The lowest BCUT2D eigenvalue weighted by molar-refractivity contribution is -0.122. The number of urea groups is 1. The van der Waals surface area contributed by atoms with Crippen molar-refractivity contribution in [1.29, 1.82) is 0 Å². The zero-order chi connectivity index (χ0) is 23.8. The third-order valence-corrected chi connectivity index (χ3v) is 6.95. The Balaban J connectivity index is 1.21. The van der Waals surface area contributed by atoms with Crippen LogP contribution in [0, 0.1) is 0 Å². The van der Waals surface area contributed by atoms with Gasteiger partial charge < -0.3 is 15.6 Å². The first-order valence-electron chi connectivity index (χ1n) is 12.1. The Kier molecular flexibility index (Phi) is 5.86. The molecule has 3 aromatic rings. The number of imide groups is 1. The van der Waals surface area contributed by atoms with Crippen molar-refractivity contribution in [3.8, 4) is 0 Å². The topological polar surface area (TPSA) is 94.3 Å². The number of rotatable bonds is 6. The number of hydrogen-bond donors (Lipinski definition) is 3. The van der Waals surface area contributed by atoms with Gasteiger partial charge in [0.05, 0.1) is 11.7 Å². The standard InChI is InChI=1S/C27H30N4O3/c1-16(2)17-10-12-18(13-11-17)31-26(33)23(30-27(31)34)14-15-24(32)28-22-9-5-7-20-19-6-3-4-8-21(19)29-25(20)22/h3-4,6,8,10-13,16,22-23,29H,5,7,9,14-15H2,1-2H3,(H,28,32)(H,30,34)/t22-,23-/m1/s1. The Morgan fingerprint density at radius 2 is 1.88 bits per heavy atom. The molecule has 2 aromatic carbocycles. The number of hydrogen-bond acceptors (Lipinski definition) is 3. The molecule has 0 spiro atoms. The second-order valence-corrected chi connectivity index (χ2v) is 9.54. The molecule has 0 unspecified atom stereocenters. The van der Waals surface area contributed by atoms with Crippen LogP contribution < -0.4 is 15.5 Å². The maximum atomic E-state index is 12.9. The fraction of sp³-hybridized carbons (Fsp3) is 0.370. The molecule has 0 saturated carbocycles. The van der Waals surface area contributed by atoms with E-state index >= 15 is 0 Å². The van der Waals surface area contributed by atoms with Gasteiger partial charge in [0, 0.05) is 23.0 Å². The Morgan fingerprint density at radius 1 is 1.12 bits per heavy atom. The third kappa shape index (κ3) is 4.06. The van der Waals surface area contributed by atoms with Crippen LogP contribution >= 0.6 is 0 Å². The summed E-state index contributed by atoms with van der Waals surface area (Å²) in [6.45, 7) is 4.19. The molecule has 176 valence electrons. The van der Waals surface area contributed by atoms with Gasteiger partial charge in [0.2, 0.25) is 5.91 Å². The predicted octanol–water partition coefficient (Wildman–Crippen LogP) is 4.69. The Labute approximate surface area is 198 Å². The molecule has 3 N–H and O–H groups in total. The summed E-state index contributed by atoms with van der Waals surface area (Å²) in [4.78, 5) is 42.8. The molecule has 1 aliphatic heterocycles. The van der Waals surface area contributed by atoms with Crippen molar-refractivity contribution in [3.63, 3.8) is 0 Å². The molecule has 2 aliphatic rings. The quantitative estimate of drug-likeness (QED) is 0.468. The lowest BCUT2D eigenvalue weighted by atomic mass is 9.91. The molecule has 5 rings (SSSR count). The molecule has 1 saturated heterocycles. The second-order valence-electron chi connectivity index (χ2n) is 9.54. The molecule has 2 atom stereocenters. The van der Waals surface area contributed by atoms with E-state index in [-0.39, 0.29) is 30.7 Å². The van der Waals surface area contributed by atoms with E-state index in [1.807, 2.05) is 24.3 Å². The lowest BCUT2D eigenvalue weighted by Crippen LogP contribution is -2.34. The monoisotopic (exact) mass is 458 g/mol. The molecule has 7 nitrogen and oxygen atoms in total. The number of amides is 4. The first-order valence-corrected chi connectivity index (χ1v) is 12.1. The molecular formula is C27H30N4O3. The maximum Gasteiger partial charge on any atom is 0.329 e. The first kappa shape index (κ1) is 22.2. The van der Waals surface area contributed by atoms with Crippen molar-refractivity contribution in [2.75, 3.05) is 4.90 Å². The van der Waals surface area contributed by atoms with Crippen LogP contribution in [0.4, 0.5) is 10.5 Å². The maximum absolute atomic E-state index is 12.9. The molecule has 0 radical (unpaired) electrons. The van der Waals surface area contributed by atoms with Gasteiger partial charge in [-0.3, -0.25) is 9.59 Å². The Bertz CT molecular complexity index is 1240. The van der Waals surface area contributed by atoms with Crippen LogP contribution in [0.3, 0.4) is 0 Å². The van der Waals surface area contributed by atoms with E-state index < -0.39 is 12.1 Å². The van der Waals surface area contributed by atoms with Crippen LogP contribution in [-0.2, 0) is 16.0 Å². The summed E-state index contributed by atoms with van der Waals surface area (Å²) in [6.07, 6.45) is 3.33. The second kappa shape index (κ2) is 8.97. The number of aromatic nitrogens is 1. The number of nitrogens with zero attached hydrogens (tertiary/aromatic N) is 1. The molecule has 34 heavy (non-hydrogen) atoms. The van der Waals surface area contributed by atoms with Gasteiger partial charge in [0.25, 0.3) is 5.91 Å². The van der Waals surface area contributed by atoms with Crippen LogP contribution in [0.1, 0.15) is 68.3 Å². The van der Waals surface area contributed by atoms with Gasteiger partial charge in [-0.1, -0.05) is 44.2 Å². The molecule has 2 heterocycles. The summed E-state index contributed by atoms with van der Waals surface area (Å²) in [5.74, 6) is -0.0584. The number of carbonyl (C=O) groups excluding carboxylic acids is 3. The van der Waals surface area contributed by atoms with Crippen LogP contribution in [0.2, 0.25) is 0 Å². The normalized spacial score (nSPS) is 20.0. The SMILES string of the molecule is CC(C)c1ccc(N2C(=O)N[C@H](CCC(=O)N[C@@H]3CCCc4c3[nH]c3ccccc43)C2=O)cc1. The highest BCUT2D eigenvalue weighted by atomic mass is 16.2. The van der Waals surface area contributed by atoms with Gasteiger partial charge in [-0.05, 0) is 60.9 Å². The molecule has 0 bridgehead atoms. The minimum atomic E-state index is -0.696. The Hall–Kier alpha value is -3.61. The Morgan fingerprint density at radius 3 is 2.65 bits per heavy atom. The summed E-state index contributed by atoms with van der Waals surface area (Å²) in [5.41, 5.74) is 5.15. The van der Waals surface area contributed by atoms with Crippen LogP contribution in [0.15, 0.2) is 48.5 Å². The molecule has 7 heteroatoms. The van der Waals surface area contributed by atoms with E-state index in [9.17, 15) is 14.4 Å². The van der Waals surface area contributed by atoms with Crippen molar-refractivity contribution >= 4 is 34.4 Å². The van der Waals surface area contributed by atoms with Gasteiger partial charge >= 0.3 is 6.03 Å². The number of para-hydroxylation sites is 1. The summed E-state index contributed by atoms with van der Waals surface area (Å²) in [7, 11) is 0. The van der Waals surface area contributed by atoms with E-state index in [1.165, 1.54) is 15.8 Å². The minimum absolute atomic E-state index is 0.0616. The molecule has 4 amide bonds. The fourth-order valence-electron chi connectivity index (χ4n) is 5.08. The van der Waals surface area contributed by atoms with E-state index in [1.54, 1.807) is 12.1 Å². The highest BCUT2D eigenvalue weighted by molar-refractivity contribution is 6.21. The average Bonchev–Trinajstić information content (AvgIpc) is 3.35. The van der Waals surface area contributed by atoms with E-state index in [0.29, 0.717) is 11.6 Å². The van der Waals surface area contributed by atoms with Crippen LogP contribution in [-0.4, -0.2) is 28.9 Å². The number of aromatic amines is 1. The van der Waals surface area contributed by atoms with E-state index in [2.05, 4.69) is 41.6 Å². The minimum Gasteiger partial charge on any atom is -0.356 e. The van der Waals surface area contributed by atoms with E-state index in [0.717, 1.165) is 36.0 Å². The zero-order valence-electron chi connectivity index (χ0n) is 19.6. The molecule has 1 aromatic heterocycles. The van der Waals surface area contributed by atoms with Gasteiger partial charge in [0.1, 0.15) is 6.04 Å². The molecule has 1 fully saturated rings. The number of H-pyrrole nitrogens is 1. The van der Waals surface area contributed by atoms with E-state index in [4.69, 9.17) is 0 Å². The van der Waals surface area contributed by atoms with Crippen LogP contribution in [0.5, 0.6) is 0 Å². The molecular weight excluding hydrogens is 428 g/mol. The average molecular weight is 459 g/mol. The van der Waals surface area contributed by atoms with Gasteiger partial charge in [0.15, 0.2) is 0 Å².